The summed E-state index contributed by atoms with van der Waals surface area (Å²) in [5.74, 6) is -3.51. The third kappa shape index (κ3) is 7.54. The SMILES string of the molecule is O=C(O)C(F)(F)F.O=C(O)c1cccnc1NC[C@@H](O)CN1CCc2ccccc2C1. The number of fused-ring (bicyclic) bond motifs is 1. The summed E-state index contributed by atoms with van der Waals surface area (Å²) in [6.45, 7) is 2.54. The number of aromatic nitrogens is 1. The van der Waals surface area contributed by atoms with Gasteiger partial charge in [0.05, 0.1) is 6.10 Å². The van der Waals surface area contributed by atoms with Crippen molar-refractivity contribution in [2.75, 3.05) is 25.0 Å². The second kappa shape index (κ2) is 10.7. The summed E-state index contributed by atoms with van der Waals surface area (Å²) in [6.07, 6.45) is -3.17. The number of benzene rings is 1. The fraction of sp³-hybridized carbons (Fsp3) is 0.350. The van der Waals surface area contributed by atoms with E-state index in [2.05, 4.69) is 33.4 Å². The minimum atomic E-state index is -5.08. The number of aromatic carboxylic acids is 1. The quantitative estimate of drug-likeness (QED) is 0.538. The van der Waals surface area contributed by atoms with Crippen LogP contribution >= 0.6 is 0 Å². The molecule has 168 valence electrons. The van der Waals surface area contributed by atoms with E-state index in [0.29, 0.717) is 6.54 Å². The molecule has 0 spiro atoms. The fourth-order valence-corrected chi connectivity index (χ4v) is 3.01. The number of rotatable bonds is 6. The minimum absolute atomic E-state index is 0.108. The van der Waals surface area contributed by atoms with Crippen molar-refractivity contribution in [3.05, 3.63) is 59.3 Å². The number of aliphatic hydroxyl groups excluding tert-OH is 1. The summed E-state index contributed by atoms with van der Waals surface area (Å²) in [5, 5.41) is 29.5. The van der Waals surface area contributed by atoms with Gasteiger partial charge >= 0.3 is 18.1 Å². The van der Waals surface area contributed by atoms with E-state index in [1.165, 1.54) is 23.4 Å². The molecule has 11 heteroatoms. The van der Waals surface area contributed by atoms with E-state index in [1.807, 2.05) is 6.07 Å². The molecule has 0 fully saturated rings. The van der Waals surface area contributed by atoms with Crippen LogP contribution in [0.15, 0.2) is 42.6 Å². The fourth-order valence-electron chi connectivity index (χ4n) is 3.01. The number of alkyl halides is 3. The maximum absolute atomic E-state index is 11.1. The molecule has 0 amide bonds. The Balaban J connectivity index is 0.000000423. The molecule has 1 atom stereocenters. The Labute approximate surface area is 176 Å². The summed E-state index contributed by atoms with van der Waals surface area (Å²) >= 11 is 0. The van der Waals surface area contributed by atoms with Gasteiger partial charge in [-0.15, -0.1) is 0 Å². The number of carboxylic acid groups (broad SMARTS) is 2. The first-order valence-corrected chi connectivity index (χ1v) is 9.27. The minimum Gasteiger partial charge on any atom is -0.478 e. The van der Waals surface area contributed by atoms with Crippen LogP contribution in [-0.4, -0.2) is 69.1 Å². The molecule has 31 heavy (non-hydrogen) atoms. The molecule has 2 heterocycles. The van der Waals surface area contributed by atoms with Crippen LogP contribution in [0.4, 0.5) is 19.0 Å². The first-order valence-electron chi connectivity index (χ1n) is 9.27. The van der Waals surface area contributed by atoms with Gasteiger partial charge in [0.1, 0.15) is 11.4 Å². The van der Waals surface area contributed by atoms with Crippen LogP contribution in [0.25, 0.3) is 0 Å². The van der Waals surface area contributed by atoms with Crippen LogP contribution in [0.3, 0.4) is 0 Å². The molecule has 0 aliphatic carbocycles. The molecular formula is C20H22F3N3O5. The Morgan fingerprint density at radius 3 is 2.39 bits per heavy atom. The van der Waals surface area contributed by atoms with Crippen molar-refractivity contribution in [1.82, 2.24) is 9.88 Å². The highest BCUT2D eigenvalue weighted by Gasteiger charge is 2.38. The van der Waals surface area contributed by atoms with E-state index in [1.54, 1.807) is 6.07 Å². The van der Waals surface area contributed by atoms with Gasteiger partial charge < -0.3 is 20.6 Å². The van der Waals surface area contributed by atoms with Crippen molar-refractivity contribution in [2.24, 2.45) is 0 Å². The molecule has 1 aliphatic rings. The normalized spacial score (nSPS) is 14.6. The number of anilines is 1. The summed E-state index contributed by atoms with van der Waals surface area (Å²) in [7, 11) is 0. The van der Waals surface area contributed by atoms with Gasteiger partial charge in [-0.1, -0.05) is 24.3 Å². The zero-order valence-electron chi connectivity index (χ0n) is 16.3. The molecular weight excluding hydrogens is 419 g/mol. The van der Waals surface area contributed by atoms with Crippen molar-refractivity contribution >= 4 is 17.8 Å². The van der Waals surface area contributed by atoms with Gasteiger partial charge in [0.15, 0.2) is 0 Å². The number of carbonyl (C=O) groups is 2. The third-order valence-corrected chi connectivity index (χ3v) is 4.46. The van der Waals surface area contributed by atoms with Crippen molar-refractivity contribution in [3.63, 3.8) is 0 Å². The average Bonchev–Trinajstić information content (AvgIpc) is 2.72. The lowest BCUT2D eigenvalue weighted by atomic mass is 10.00. The molecule has 0 radical (unpaired) electrons. The van der Waals surface area contributed by atoms with Gasteiger partial charge in [-0.05, 0) is 29.7 Å². The van der Waals surface area contributed by atoms with Crippen LogP contribution in [0.1, 0.15) is 21.5 Å². The number of halogens is 3. The summed E-state index contributed by atoms with van der Waals surface area (Å²) in [6, 6.07) is 11.4. The maximum atomic E-state index is 11.1. The van der Waals surface area contributed by atoms with Gasteiger partial charge in [0.2, 0.25) is 0 Å². The second-order valence-electron chi connectivity index (χ2n) is 6.80. The zero-order chi connectivity index (χ0) is 23.0. The molecule has 3 rings (SSSR count). The Hall–Kier alpha value is -3.18. The maximum Gasteiger partial charge on any atom is 0.490 e. The number of nitrogens with one attached hydrogen (secondary N) is 1. The smallest absolute Gasteiger partial charge is 0.478 e. The van der Waals surface area contributed by atoms with E-state index >= 15 is 0 Å². The van der Waals surface area contributed by atoms with Gasteiger partial charge in [0.25, 0.3) is 0 Å². The van der Waals surface area contributed by atoms with Crippen molar-refractivity contribution in [3.8, 4) is 0 Å². The van der Waals surface area contributed by atoms with Crippen LogP contribution in [0.5, 0.6) is 0 Å². The summed E-state index contributed by atoms with van der Waals surface area (Å²) < 4.78 is 31.7. The van der Waals surface area contributed by atoms with Gasteiger partial charge in [-0.2, -0.15) is 13.2 Å². The Kier molecular flexibility index (Phi) is 8.34. The number of pyridine rings is 1. The first-order chi connectivity index (χ1) is 14.6. The molecule has 0 saturated heterocycles. The number of aliphatic carboxylic acids is 1. The van der Waals surface area contributed by atoms with E-state index < -0.39 is 24.2 Å². The zero-order valence-corrected chi connectivity index (χ0v) is 16.3. The Morgan fingerprint density at radius 1 is 1.13 bits per heavy atom. The topological polar surface area (TPSA) is 123 Å². The standard InChI is InChI=1S/C18H21N3O3.C2HF3O2/c22-15(10-20-17-16(18(23)24)6-3-8-19-17)12-21-9-7-13-4-1-2-5-14(13)11-21;3-2(4,5)1(6)7/h1-6,8,15,22H,7,9-12H2,(H,19,20)(H,23,24);(H,6,7)/t15-;/m1./s1. The molecule has 1 aromatic heterocycles. The molecule has 0 saturated carbocycles. The lowest BCUT2D eigenvalue weighted by Crippen LogP contribution is -2.39. The van der Waals surface area contributed by atoms with Gasteiger partial charge in [-0.3, -0.25) is 4.90 Å². The molecule has 0 bridgehead atoms. The number of β-amino-alcohol motifs (C(OH)–C–C–N with tert-alkyl or cyclic N) is 1. The number of hydrogen-bond acceptors (Lipinski definition) is 6. The van der Waals surface area contributed by atoms with E-state index in [-0.39, 0.29) is 17.9 Å². The van der Waals surface area contributed by atoms with Crippen LogP contribution in [-0.2, 0) is 17.8 Å². The predicted molar refractivity (Wildman–Crippen MR) is 105 cm³/mol. The first kappa shape index (κ1) is 24.1. The van der Waals surface area contributed by atoms with Crippen molar-refractivity contribution in [2.45, 2.75) is 25.2 Å². The molecule has 1 aliphatic heterocycles. The lowest BCUT2D eigenvalue weighted by molar-refractivity contribution is -0.192. The largest absolute Gasteiger partial charge is 0.490 e. The summed E-state index contributed by atoms with van der Waals surface area (Å²) in [4.78, 5) is 26.3. The predicted octanol–water partition coefficient (Wildman–Crippen LogP) is 2.24. The van der Waals surface area contributed by atoms with E-state index in [9.17, 15) is 23.1 Å². The van der Waals surface area contributed by atoms with Crippen molar-refractivity contribution in [1.29, 1.82) is 0 Å². The highest BCUT2D eigenvalue weighted by molar-refractivity contribution is 5.92. The molecule has 2 aromatic rings. The van der Waals surface area contributed by atoms with Crippen LogP contribution in [0.2, 0.25) is 0 Å². The molecule has 1 aromatic carbocycles. The lowest BCUT2D eigenvalue weighted by Gasteiger charge is -2.30. The summed E-state index contributed by atoms with van der Waals surface area (Å²) in [5.41, 5.74) is 2.79. The monoisotopic (exact) mass is 441 g/mol. The molecule has 4 N–H and O–H groups in total. The second-order valence-corrected chi connectivity index (χ2v) is 6.80. The number of hydrogen-bond donors (Lipinski definition) is 4. The Bertz CT molecular complexity index is 908. The van der Waals surface area contributed by atoms with Crippen molar-refractivity contribution < 1.29 is 38.1 Å². The third-order valence-electron chi connectivity index (χ3n) is 4.46. The van der Waals surface area contributed by atoms with Gasteiger partial charge in [-0.25, -0.2) is 14.6 Å². The van der Waals surface area contributed by atoms with E-state index in [4.69, 9.17) is 15.0 Å². The molecule has 8 nitrogen and oxygen atoms in total. The van der Waals surface area contributed by atoms with Crippen LogP contribution in [0, 0.1) is 0 Å². The average molecular weight is 441 g/mol. The van der Waals surface area contributed by atoms with Crippen LogP contribution < -0.4 is 5.32 Å². The number of nitrogens with zero attached hydrogens (tertiary/aromatic N) is 2. The highest BCUT2D eigenvalue weighted by Crippen LogP contribution is 2.19. The van der Waals surface area contributed by atoms with E-state index in [0.717, 1.165) is 19.5 Å². The Morgan fingerprint density at radius 2 is 1.77 bits per heavy atom. The molecule has 0 unspecified atom stereocenters. The number of aliphatic hydroxyl groups is 1. The highest BCUT2D eigenvalue weighted by atomic mass is 19.4. The number of carboxylic acids is 2. The van der Waals surface area contributed by atoms with Gasteiger partial charge in [0, 0.05) is 32.4 Å².